The summed E-state index contributed by atoms with van der Waals surface area (Å²) >= 11 is 0. The molecule has 0 bridgehead atoms. The Balaban J connectivity index is 1.46. The van der Waals surface area contributed by atoms with Crippen molar-refractivity contribution in [1.82, 2.24) is 29.3 Å². The van der Waals surface area contributed by atoms with Crippen LogP contribution in [0, 0.1) is 0 Å². The topological polar surface area (TPSA) is 117 Å². The third-order valence-electron chi connectivity index (χ3n) is 4.57. The fourth-order valence-electron chi connectivity index (χ4n) is 2.98. The van der Waals surface area contributed by atoms with E-state index >= 15 is 0 Å². The van der Waals surface area contributed by atoms with Crippen molar-refractivity contribution in [3.8, 4) is 23.0 Å². The Morgan fingerprint density at radius 2 is 1.97 bits per heavy atom. The summed E-state index contributed by atoms with van der Waals surface area (Å²) in [5, 5.41) is 6.75. The van der Waals surface area contributed by atoms with Crippen molar-refractivity contribution in [2.24, 2.45) is 7.05 Å². The van der Waals surface area contributed by atoms with E-state index in [0.717, 1.165) is 5.56 Å². The molecule has 0 saturated carbocycles. The van der Waals surface area contributed by atoms with Gasteiger partial charge in [-0.15, -0.1) is 0 Å². The number of hydrogen-bond donors (Lipinski definition) is 1. The molecular formula is C22H21N7O3. The van der Waals surface area contributed by atoms with Crippen molar-refractivity contribution >= 4 is 11.7 Å². The lowest BCUT2D eigenvalue weighted by Crippen LogP contribution is -2.29. The maximum absolute atomic E-state index is 12.5. The molecule has 10 nitrogen and oxygen atoms in total. The number of carbonyl (C=O) groups is 1. The van der Waals surface area contributed by atoms with Gasteiger partial charge in [-0.05, 0) is 38.1 Å². The fourth-order valence-corrected chi connectivity index (χ4v) is 2.98. The van der Waals surface area contributed by atoms with Crippen LogP contribution in [0.4, 0.5) is 5.82 Å². The van der Waals surface area contributed by atoms with Gasteiger partial charge in [0.2, 0.25) is 5.88 Å². The number of pyridine rings is 2. The summed E-state index contributed by atoms with van der Waals surface area (Å²) in [5.41, 5.74) is 0.465. The Bertz CT molecular complexity index is 1310. The minimum absolute atomic E-state index is 0.0484. The minimum Gasteiger partial charge on any atom is -0.437 e. The number of ether oxygens (including phenoxy) is 1. The first-order valence-electron chi connectivity index (χ1n) is 9.89. The zero-order valence-corrected chi connectivity index (χ0v) is 17.8. The first kappa shape index (κ1) is 20.9. The highest BCUT2D eigenvalue weighted by atomic mass is 16.5. The molecule has 1 N–H and O–H groups in total. The van der Waals surface area contributed by atoms with Crippen molar-refractivity contribution in [2.45, 2.75) is 19.9 Å². The molecule has 4 rings (SSSR count). The molecule has 4 aromatic heterocycles. The van der Waals surface area contributed by atoms with E-state index in [2.05, 4.69) is 25.4 Å². The predicted octanol–water partition coefficient (Wildman–Crippen LogP) is 3.06. The van der Waals surface area contributed by atoms with Crippen molar-refractivity contribution in [2.75, 3.05) is 5.32 Å². The summed E-state index contributed by atoms with van der Waals surface area (Å²) < 4.78 is 8.91. The van der Waals surface area contributed by atoms with Crippen LogP contribution in [0.3, 0.4) is 0 Å². The molecule has 0 spiro atoms. The van der Waals surface area contributed by atoms with E-state index < -0.39 is 5.91 Å². The van der Waals surface area contributed by atoms with Crippen LogP contribution in [-0.2, 0) is 7.05 Å². The van der Waals surface area contributed by atoms with Crippen LogP contribution in [-0.4, -0.2) is 35.2 Å². The van der Waals surface area contributed by atoms with E-state index in [9.17, 15) is 9.59 Å². The number of anilines is 1. The average Bonchev–Trinajstić information content (AvgIpc) is 3.21. The summed E-state index contributed by atoms with van der Waals surface area (Å²) in [7, 11) is 1.81. The number of rotatable bonds is 6. The molecule has 0 atom stereocenters. The van der Waals surface area contributed by atoms with E-state index in [4.69, 9.17) is 4.74 Å². The maximum atomic E-state index is 12.5. The third-order valence-corrected chi connectivity index (χ3v) is 4.57. The first-order valence-corrected chi connectivity index (χ1v) is 9.89. The summed E-state index contributed by atoms with van der Waals surface area (Å²) in [5.74, 6) is 1.03. The number of nitrogens with zero attached hydrogens (tertiary/aromatic N) is 6. The molecule has 4 heterocycles. The maximum Gasteiger partial charge on any atom is 0.263 e. The second-order valence-corrected chi connectivity index (χ2v) is 7.28. The van der Waals surface area contributed by atoms with E-state index in [-0.39, 0.29) is 17.2 Å². The molecule has 0 aliphatic carbocycles. The predicted molar refractivity (Wildman–Crippen MR) is 118 cm³/mol. The van der Waals surface area contributed by atoms with Gasteiger partial charge in [-0.1, -0.05) is 0 Å². The minimum atomic E-state index is -0.525. The molecule has 10 heteroatoms. The number of carbonyl (C=O) groups excluding carboxylic acids is 1. The molecule has 162 valence electrons. The molecule has 4 aromatic rings. The number of amides is 1. The second kappa shape index (κ2) is 8.80. The van der Waals surface area contributed by atoms with Crippen molar-refractivity contribution < 1.29 is 9.53 Å². The Morgan fingerprint density at radius 1 is 1.12 bits per heavy atom. The molecule has 0 aliphatic rings. The van der Waals surface area contributed by atoms with E-state index in [1.807, 2.05) is 20.9 Å². The molecule has 0 saturated heterocycles. The normalized spacial score (nSPS) is 10.9. The third kappa shape index (κ3) is 4.53. The summed E-state index contributed by atoms with van der Waals surface area (Å²) in [6.45, 7) is 3.75. The van der Waals surface area contributed by atoms with Gasteiger partial charge in [-0.3, -0.25) is 14.3 Å². The number of aryl methyl sites for hydroxylation is 1. The first-order chi connectivity index (χ1) is 15.4. The van der Waals surface area contributed by atoms with Crippen molar-refractivity contribution in [3.05, 3.63) is 77.2 Å². The van der Waals surface area contributed by atoms with Crippen molar-refractivity contribution in [3.63, 3.8) is 0 Å². The summed E-state index contributed by atoms with van der Waals surface area (Å²) in [6, 6.07) is 7.97. The molecule has 0 aromatic carbocycles. The smallest absolute Gasteiger partial charge is 0.263 e. The van der Waals surface area contributed by atoms with Gasteiger partial charge < -0.3 is 14.6 Å². The molecule has 0 radical (unpaired) electrons. The van der Waals surface area contributed by atoms with Gasteiger partial charge in [0, 0.05) is 37.7 Å². The Labute approximate surface area is 183 Å². The summed E-state index contributed by atoms with van der Waals surface area (Å²) in [6.07, 6.45) is 8.18. The summed E-state index contributed by atoms with van der Waals surface area (Å²) in [4.78, 5) is 37.8. The quantitative estimate of drug-likeness (QED) is 0.499. The van der Waals surface area contributed by atoms with Crippen LogP contribution >= 0.6 is 0 Å². The largest absolute Gasteiger partial charge is 0.437 e. The highest BCUT2D eigenvalue weighted by Crippen LogP contribution is 2.22. The monoisotopic (exact) mass is 431 g/mol. The van der Waals surface area contributed by atoms with Gasteiger partial charge in [-0.2, -0.15) is 10.1 Å². The molecule has 0 fully saturated rings. The van der Waals surface area contributed by atoms with Gasteiger partial charge in [0.05, 0.1) is 18.0 Å². The fraction of sp³-hybridized carbons (Fsp3) is 0.182. The van der Waals surface area contributed by atoms with Crippen molar-refractivity contribution in [1.29, 1.82) is 0 Å². The van der Waals surface area contributed by atoms with Gasteiger partial charge in [0.25, 0.3) is 11.5 Å². The van der Waals surface area contributed by atoms with Crippen LogP contribution in [0.15, 0.2) is 66.1 Å². The lowest BCUT2D eigenvalue weighted by Gasteiger charge is -2.11. The average molecular weight is 431 g/mol. The Hall–Kier alpha value is -4.34. The van der Waals surface area contributed by atoms with E-state index in [1.54, 1.807) is 53.7 Å². The number of aromatic nitrogens is 6. The Morgan fingerprint density at radius 3 is 2.66 bits per heavy atom. The molecule has 0 unspecified atom stereocenters. The Kier molecular flexibility index (Phi) is 5.75. The van der Waals surface area contributed by atoms with Crippen LogP contribution in [0.2, 0.25) is 0 Å². The van der Waals surface area contributed by atoms with E-state index in [1.165, 1.54) is 16.8 Å². The zero-order chi connectivity index (χ0) is 22.7. The standard InChI is InChI=1S/C22H21N7O3/c1-14(2)29-10-4-5-17(22(29)31)21(30)26-18-7-6-16(12-24-18)32-19-8-9-23-20(27-19)15-11-25-28(3)13-15/h4-14H,1-3H3,(H,24,26,30). The van der Waals surface area contributed by atoms with Crippen LogP contribution in [0.1, 0.15) is 30.2 Å². The van der Waals surface area contributed by atoms with Crippen LogP contribution in [0.5, 0.6) is 11.6 Å². The zero-order valence-electron chi connectivity index (χ0n) is 17.8. The van der Waals surface area contributed by atoms with Gasteiger partial charge in [0.15, 0.2) is 5.82 Å². The molecule has 32 heavy (non-hydrogen) atoms. The highest BCUT2D eigenvalue weighted by Gasteiger charge is 2.14. The molecular weight excluding hydrogens is 410 g/mol. The number of hydrogen-bond acceptors (Lipinski definition) is 7. The van der Waals surface area contributed by atoms with E-state index in [0.29, 0.717) is 23.3 Å². The SMILES string of the molecule is CC(C)n1cccc(C(=O)Nc2ccc(Oc3ccnc(-c4cnn(C)c4)n3)cn2)c1=O. The van der Waals surface area contributed by atoms with Gasteiger partial charge in [-0.25, -0.2) is 9.97 Å². The lowest BCUT2D eigenvalue weighted by molar-refractivity contribution is 0.102. The highest BCUT2D eigenvalue weighted by molar-refractivity contribution is 6.03. The molecule has 1 amide bonds. The van der Waals surface area contributed by atoms with Crippen LogP contribution < -0.4 is 15.6 Å². The second-order valence-electron chi connectivity index (χ2n) is 7.28. The lowest BCUT2D eigenvalue weighted by atomic mass is 10.2. The molecule has 0 aliphatic heterocycles. The number of nitrogens with one attached hydrogen (secondary N) is 1. The van der Waals surface area contributed by atoms with Gasteiger partial charge >= 0.3 is 0 Å². The van der Waals surface area contributed by atoms with Crippen LogP contribution in [0.25, 0.3) is 11.4 Å². The van der Waals surface area contributed by atoms with Gasteiger partial charge in [0.1, 0.15) is 17.1 Å².